The first-order valence-electron chi connectivity index (χ1n) is 6.76. The number of halogens is 1. The predicted octanol–water partition coefficient (Wildman–Crippen LogP) is 4.30. The van der Waals surface area contributed by atoms with Gasteiger partial charge in [0.25, 0.3) is 5.91 Å². The normalized spacial score (nSPS) is 11.2. The zero-order valence-corrected chi connectivity index (χ0v) is 15.1. The number of hydrazone groups is 1. The van der Waals surface area contributed by atoms with Crippen molar-refractivity contribution in [3.05, 3.63) is 58.6 Å². The van der Waals surface area contributed by atoms with E-state index in [9.17, 15) is 4.79 Å². The average Bonchev–Trinajstić information content (AvgIpc) is 2.96. The van der Waals surface area contributed by atoms with Crippen LogP contribution in [0.2, 0.25) is 0 Å². The molecule has 23 heavy (non-hydrogen) atoms. The molecule has 7 heteroatoms. The SMILES string of the molecule is O=C(CSc1nc2ccccc2s1)N/N=C/c1cccc(Br)c1. The summed E-state index contributed by atoms with van der Waals surface area (Å²) in [6.07, 6.45) is 1.62. The van der Waals surface area contributed by atoms with Crippen molar-refractivity contribution < 1.29 is 4.79 Å². The van der Waals surface area contributed by atoms with Gasteiger partial charge < -0.3 is 0 Å². The van der Waals surface area contributed by atoms with Crippen molar-refractivity contribution in [1.29, 1.82) is 0 Å². The van der Waals surface area contributed by atoms with E-state index in [1.807, 2.05) is 48.5 Å². The summed E-state index contributed by atoms with van der Waals surface area (Å²) >= 11 is 6.40. The second kappa shape index (κ2) is 7.72. The van der Waals surface area contributed by atoms with Crippen LogP contribution in [-0.4, -0.2) is 22.9 Å². The van der Waals surface area contributed by atoms with Crippen LogP contribution >= 0.6 is 39.0 Å². The number of carbonyl (C=O) groups is 1. The Balaban J connectivity index is 1.51. The molecule has 3 rings (SSSR count). The summed E-state index contributed by atoms with van der Waals surface area (Å²) in [6, 6.07) is 15.6. The number of nitrogens with zero attached hydrogens (tertiary/aromatic N) is 2. The maximum absolute atomic E-state index is 11.8. The number of thioether (sulfide) groups is 1. The van der Waals surface area contributed by atoms with Crippen LogP contribution in [0.25, 0.3) is 10.2 Å². The van der Waals surface area contributed by atoms with Crippen LogP contribution < -0.4 is 5.43 Å². The van der Waals surface area contributed by atoms with Crippen LogP contribution in [0.4, 0.5) is 0 Å². The van der Waals surface area contributed by atoms with Gasteiger partial charge in [0.15, 0.2) is 4.34 Å². The second-order valence-corrected chi connectivity index (χ2v) is 7.75. The highest BCUT2D eigenvalue weighted by atomic mass is 79.9. The first-order valence-corrected chi connectivity index (χ1v) is 9.36. The summed E-state index contributed by atoms with van der Waals surface area (Å²) in [7, 11) is 0. The maximum atomic E-state index is 11.8. The van der Waals surface area contributed by atoms with E-state index in [-0.39, 0.29) is 11.7 Å². The second-order valence-electron chi connectivity index (χ2n) is 4.58. The molecule has 0 atom stereocenters. The molecule has 0 radical (unpaired) electrons. The fourth-order valence-electron chi connectivity index (χ4n) is 1.84. The van der Waals surface area contributed by atoms with Crippen LogP contribution in [0, 0.1) is 0 Å². The zero-order valence-electron chi connectivity index (χ0n) is 11.9. The number of benzene rings is 2. The molecule has 0 fully saturated rings. The summed E-state index contributed by atoms with van der Waals surface area (Å²) in [6.45, 7) is 0. The molecule has 1 aromatic heterocycles. The molecule has 0 aliphatic rings. The Hall–Kier alpha value is -1.70. The number of amides is 1. The van der Waals surface area contributed by atoms with Crippen molar-refractivity contribution in [2.45, 2.75) is 4.34 Å². The molecule has 4 nitrogen and oxygen atoms in total. The topological polar surface area (TPSA) is 54.4 Å². The Morgan fingerprint density at radius 3 is 3.00 bits per heavy atom. The Labute approximate surface area is 150 Å². The van der Waals surface area contributed by atoms with E-state index in [1.54, 1.807) is 17.6 Å². The molecule has 0 aliphatic carbocycles. The van der Waals surface area contributed by atoms with Crippen molar-refractivity contribution in [2.75, 3.05) is 5.75 Å². The molecular weight excluding hydrogens is 394 g/mol. The highest BCUT2D eigenvalue weighted by molar-refractivity contribution is 9.10. The molecule has 2 aromatic carbocycles. The minimum atomic E-state index is -0.152. The fourth-order valence-corrected chi connectivity index (χ4v) is 4.12. The van der Waals surface area contributed by atoms with Gasteiger partial charge >= 0.3 is 0 Å². The number of thiazole rings is 1. The number of hydrogen-bond acceptors (Lipinski definition) is 5. The first-order chi connectivity index (χ1) is 11.2. The lowest BCUT2D eigenvalue weighted by molar-refractivity contribution is -0.118. The Bertz CT molecular complexity index is 830. The van der Waals surface area contributed by atoms with Gasteiger partial charge in [-0.3, -0.25) is 4.79 Å². The summed E-state index contributed by atoms with van der Waals surface area (Å²) in [5.41, 5.74) is 4.41. The van der Waals surface area contributed by atoms with Crippen molar-refractivity contribution in [3.63, 3.8) is 0 Å². The van der Waals surface area contributed by atoms with Gasteiger partial charge in [0.2, 0.25) is 0 Å². The zero-order chi connectivity index (χ0) is 16.1. The lowest BCUT2D eigenvalue weighted by atomic mass is 10.2. The van der Waals surface area contributed by atoms with Gasteiger partial charge in [-0.25, -0.2) is 10.4 Å². The maximum Gasteiger partial charge on any atom is 0.250 e. The van der Waals surface area contributed by atoms with Crippen LogP contribution in [0.1, 0.15) is 5.56 Å². The molecule has 1 amide bonds. The molecule has 0 spiro atoms. The summed E-state index contributed by atoms with van der Waals surface area (Å²) in [4.78, 5) is 16.3. The van der Waals surface area contributed by atoms with Gasteiger partial charge in [-0.1, -0.05) is 52.0 Å². The monoisotopic (exact) mass is 405 g/mol. The average molecular weight is 406 g/mol. The van der Waals surface area contributed by atoms with Crippen molar-refractivity contribution in [1.82, 2.24) is 10.4 Å². The highest BCUT2D eigenvalue weighted by Crippen LogP contribution is 2.28. The van der Waals surface area contributed by atoms with E-state index < -0.39 is 0 Å². The first kappa shape index (κ1) is 16.2. The number of para-hydroxylation sites is 1. The number of nitrogens with one attached hydrogen (secondary N) is 1. The Morgan fingerprint density at radius 2 is 2.17 bits per heavy atom. The van der Waals surface area contributed by atoms with Gasteiger partial charge in [-0.15, -0.1) is 11.3 Å². The molecule has 0 bridgehead atoms. The van der Waals surface area contributed by atoms with Crippen LogP contribution in [0.3, 0.4) is 0 Å². The van der Waals surface area contributed by atoms with Gasteiger partial charge in [-0.2, -0.15) is 5.10 Å². The lowest BCUT2D eigenvalue weighted by Gasteiger charge is -1.98. The standard InChI is InChI=1S/C16H12BrN3OS2/c17-12-5-3-4-11(8-12)9-18-20-15(21)10-22-16-19-13-6-1-2-7-14(13)23-16/h1-9H,10H2,(H,20,21)/b18-9+. The minimum Gasteiger partial charge on any atom is -0.272 e. The van der Waals surface area contributed by atoms with Crippen molar-refractivity contribution in [3.8, 4) is 0 Å². The smallest absolute Gasteiger partial charge is 0.250 e. The summed E-state index contributed by atoms with van der Waals surface area (Å²) < 4.78 is 2.99. The van der Waals surface area contributed by atoms with Crippen LogP contribution in [0.15, 0.2) is 62.4 Å². The molecular formula is C16H12BrN3OS2. The minimum absolute atomic E-state index is 0.152. The number of rotatable bonds is 5. The number of fused-ring (bicyclic) bond motifs is 1. The molecule has 1 heterocycles. The van der Waals surface area contributed by atoms with Crippen LogP contribution in [0.5, 0.6) is 0 Å². The van der Waals surface area contributed by atoms with E-state index in [2.05, 4.69) is 31.4 Å². The van der Waals surface area contributed by atoms with E-state index >= 15 is 0 Å². The van der Waals surface area contributed by atoms with Gasteiger partial charge in [-0.05, 0) is 29.8 Å². The Kier molecular flexibility index (Phi) is 5.43. The molecule has 0 aliphatic heterocycles. The molecule has 1 N–H and O–H groups in total. The number of carbonyl (C=O) groups excluding carboxylic acids is 1. The van der Waals surface area contributed by atoms with Crippen LogP contribution in [-0.2, 0) is 4.79 Å². The van der Waals surface area contributed by atoms with E-state index in [0.717, 1.165) is 24.6 Å². The highest BCUT2D eigenvalue weighted by Gasteiger charge is 2.06. The molecule has 3 aromatic rings. The largest absolute Gasteiger partial charge is 0.272 e. The fraction of sp³-hybridized carbons (Fsp3) is 0.0625. The number of aromatic nitrogens is 1. The van der Waals surface area contributed by atoms with Gasteiger partial charge in [0, 0.05) is 4.47 Å². The molecule has 0 saturated heterocycles. The third-order valence-corrected chi connectivity index (χ3v) is 5.53. The number of hydrogen-bond donors (Lipinski definition) is 1. The van der Waals surface area contributed by atoms with E-state index in [1.165, 1.54) is 11.8 Å². The summed E-state index contributed by atoms with van der Waals surface area (Å²) in [5, 5.41) is 3.96. The van der Waals surface area contributed by atoms with Crippen molar-refractivity contribution >= 4 is 61.4 Å². The molecule has 0 unspecified atom stereocenters. The quantitative estimate of drug-likeness (QED) is 0.391. The van der Waals surface area contributed by atoms with Gasteiger partial charge in [0.05, 0.1) is 22.2 Å². The lowest BCUT2D eigenvalue weighted by Crippen LogP contribution is -2.19. The summed E-state index contributed by atoms with van der Waals surface area (Å²) in [5.74, 6) is 0.135. The van der Waals surface area contributed by atoms with E-state index in [4.69, 9.17) is 0 Å². The third kappa shape index (κ3) is 4.63. The Morgan fingerprint density at radius 1 is 1.30 bits per heavy atom. The van der Waals surface area contributed by atoms with E-state index in [0.29, 0.717) is 0 Å². The molecule has 116 valence electrons. The third-order valence-electron chi connectivity index (χ3n) is 2.85. The van der Waals surface area contributed by atoms with Gasteiger partial charge in [0.1, 0.15) is 0 Å². The predicted molar refractivity (Wildman–Crippen MR) is 100 cm³/mol. The van der Waals surface area contributed by atoms with Crippen molar-refractivity contribution in [2.24, 2.45) is 5.10 Å². The molecule has 0 saturated carbocycles.